The number of nitrogen functional groups attached to an aromatic ring is 1. The first-order chi connectivity index (χ1) is 16.1. The molecule has 0 unspecified atom stereocenters. The van der Waals surface area contributed by atoms with E-state index in [1.54, 1.807) is 12.3 Å². The van der Waals surface area contributed by atoms with Gasteiger partial charge in [-0.2, -0.15) is 0 Å². The minimum absolute atomic E-state index is 0.463. The van der Waals surface area contributed by atoms with Crippen LogP contribution in [0, 0.1) is 0 Å². The quantitative estimate of drug-likeness (QED) is 0.280. The highest BCUT2D eigenvalue weighted by Crippen LogP contribution is 2.28. The molecule has 0 aliphatic rings. The van der Waals surface area contributed by atoms with Crippen molar-refractivity contribution in [2.75, 3.05) is 11.1 Å². The number of hydrogen-bond donors (Lipinski definition) is 3. The summed E-state index contributed by atoms with van der Waals surface area (Å²) < 4.78 is 5.33. The molecule has 6 nitrogen and oxygen atoms in total. The van der Waals surface area contributed by atoms with Crippen LogP contribution in [0.15, 0.2) is 102 Å². The van der Waals surface area contributed by atoms with Crippen LogP contribution in [0.2, 0.25) is 5.02 Å². The van der Waals surface area contributed by atoms with Gasteiger partial charge < -0.3 is 20.8 Å². The van der Waals surface area contributed by atoms with Gasteiger partial charge in [0.15, 0.2) is 6.39 Å². The summed E-state index contributed by atoms with van der Waals surface area (Å²) in [4.78, 5) is 8.37. The van der Waals surface area contributed by atoms with E-state index in [-0.39, 0.29) is 0 Å². The standard InChI is InChI=1S/C26H24ClN5O/c1-18(22-15-19(13-14-23(22)27)24-10-6-11-25(28)32-24)30-26(31-20-7-3-2-4-8-20)12-5-9-21-16-29-17-33-21/h2-4,6-8,10-17,30-31H,1,5,9H2,(H2,28,32)/b26-12-. The molecule has 0 aliphatic carbocycles. The largest absolute Gasteiger partial charge is 0.449 e. The van der Waals surface area contributed by atoms with Gasteiger partial charge in [0.2, 0.25) is 0 Å². The lowest BCUT2D eigenvalue weighted by Crippen LogP contribution is -2.18. The third-order valence-corrected chi connectivity index (χ3v) is 5.25. The number of nitrogens with two attached hydrogens (primary N) is 1. The van der Waals surface area contributed by atoms with E-state index in [9.17, 15) is 0 Å². The number of benzene rings is 2. The molecule has 0 aliphatic heterocycles. The Labute approximate surface area is 197 Å². The highest BCUT2D eigenvalue weighted by Gasteiger charge is 2.10. The normalized spacial score (nSPS) is 11.2. The number of aryl methyl sites for hydroxylation is 1. The van der Waals surface area contributed by atoms with Crippen molar-refractivity contribution in [3.63, 3.8) is 0 Å². The molecule has 2 aromatic carbocycles. The van der Waals surface area contributed by atoms with Crippen LogP contribution in [0.1, 0.15) is 17.7 Å². The predicted molar refractivity (Wildman–Crippen MR) is 134 cm³/mol. The third kappa shape index (κ3) is 6.02. The van der Waals surface area contributed by atoms with Crippen molar-refractivity contribution in [2.24, 2.45) is 0 Å². The molecule has 4 rings (SSSR count). The highest BCUT2D eigenvalue weighted by molar-refractivity contribution is 6.32. The molecular formula is C26H24ClN5O. The number of para-hydroxylation sites is 1. The Hall–Kier alpha value is -4.03. The number of nitrogens with zero attached hydrogens (tertiary/aromatic N) is 2. The molecule has 33 heavy (non-hydrogen) atoms. The fraction of sp³-hybridized carbons (Fsp3) is 0.0769. The zero-order valence-corrected chi connectivity index (χ0v) is 18.7. The van der Waals surface area contributed by atoms with Gasteiger partial charge in [0.25, 0.3) is 0 Å². The summed E-state index contributed by atoms with van der Waals surface area (Å²) in [7, 11) is 0. The number of nitrogens with one attached hydrogen (secondary N) is 2. The summed E-state index contributed by atoms with van der Waals surface area (Å²) in [6, 6.07) is 21.1. The van der Waals surface area contributed by atoms with Crippen molar-refractivity contribution in [1.82, 2.24) is 15.3 Å². The summed E-state index contributed by atoms with van der Waals surface area (Å²) in [5.41, 5.74) is 9.90. The Morgan fingerprint density at radius 2 is 1.94 bits per heavy atom. The Morgan fingerprint density at radius 3 is 2.70 bits per heavy atom. The van der Waals surface area contributed by atoms with Gasteiger partial charge in [-0.05, 0) is 48.9 Å². The number of oxazole rings is 1. The number of aromatic nitrogens is 2. The predicted octanol–water partition coefficient (Wildman–Crippen LogP) is 6.12. The van der Waals surface area contributed by atoms with Crippen LogP contribution in [-0.2, 0) is 6.42 Å². The first-order valence-electron chi connectivity index (χ1n) is 10.5. The van der Waals surface area contributed by atoms with Gasteiger partial charge in [-0.3, -0.25) is 0 Å². The van der Waals surface area contributed by atoms with E-state index in [0.29, 0.717) is 16.5 Å². The van der Waals surface area contributed by atoms with E-state index in [4.69, 9.17) is 21.8 Å². The van der Waals surface area contributed by atoms with Gasteiger partial charge in [0, 0.05) is 34.0 Å². The Kier molecular flexibility index (Phi) is 7.07. The summed E-state index contributed by atoms with van der Waals surface area (Å²) in [6.45, 7) is 4.23. The van der Waals surface area contributed by atoms with Crippen molar-refractivity contribution >= 4 is 28.8 Å². The summed E-state index contributed by atoms with van der Waals surface area (Å²) in [5, 5.41) is 7.36. The molecule has 0 saturated heterocycles. The molecule has 7 heteroatoms. The maximum Gasteiger partial charge on any atom is 0.180 e. The van der Waals surface area contributed by atoms with Gasteiger partial charge in [0.05, 0.1) is 11.9 Å². The van der Waals surface area contributed by atoms with E-state index >= 15 is 0 Å². The Bertz CT molecular complexity index is 1250. The molecular weight excluding hydrogens is 434 g/mol. The van der Waals surface area contributed by atoms with Crippen LogP contribution < -0.4 is 16.4 Å². The summed E-state index contributed by atoms with van der Waals surface area (Å²) >= 11 is 6.52. The third-order valence-electron chi connectivity index (χ3n) is 4.92. The number of hydrogen-bond acceptors (Lipinski definition) is 6. The number of rotatable bonds is 9. The lowest BCUT2D eigenvalue weighted by molar-refractivity contribution is 0.504. The molecule has 0 saturated carbocycles. The fourth-order valence-electron chi connectivity index (χ4n) is 3.29. The topological polar surface area (TPSA) is 89.0 Å². The minimum atomic E-state index is 0.463. The van der Waals surface area contributed by atoms with Crippen molar-refractivity contribution in [1.29, 1.82) is 0 Å². The second kappa shape index (κ2) is 10.5. The molecule has 2 heterocycles. The lowest BCUT2D eigenvalue weighted by atomic mass is 10.1. The molecule has 0 fully saturated rings. The molecule has 0 bridgehead atoms. The molecule has 4 N–H and O–H groups in total. The molecule has 0 atom stereocenters. The zero-order chi connectivity index (χ0) is 23.0. The lowest BCUT2D eigenvalue weighted by Gasteiger charge is -2.17. The summed E-state index contributed by atoms with van der Waals surface area (Å²) in [6.07, 6.45) is 6.68. The highest BCUT2D eigenvalue weighted by atomic mass is 35.5. The second-order valence-electron chi connectivity index (χ2n) is 7.36. The maximum absolute atomic E-state index is 6.52. The molecule has 0 amide bonds. The van der Waals surface area contributed by atoms with Crippen molar-refractivity contribution < 1.29 is 4.42 Å². The maximum atomic E-state index is 6.52. The van der Waals surface area contributed by atoms with Gasteiger partial charge in [-0.25, -0.2) is 9.97 Å². The smallest absolute Gasteiger partial charge is 0.180 e. The van der Waals surface area contributed by atoms with Gasteiger partial charge in [0.1, 0.15) is 17.4 Å². The zero-order valence-electron chi connectivity index (χ0n) is 18.0. The Morgan fingerprint density at radius 1 is 1.09 bits per heavy atom. The average molecular weight is 458 g/mol. The van der Waals surface area contributed by atoms with Crippen LogP contribution in [-0.4, -0.2) is 9.97 Å². The van der Waals surface area contributed by atoms with Gasteiger partial charge >= 0.3 is 0 Å². The Balaban J connectivity index is 1.56. The van der Waals surface area contributed by atoms with Crippen LogP contribution in [0.4, 0.5) is 11.5 Å². The molecule has 166 valence electrons. The monoisotopic (exact) mass is 457 g/mol. The molecule has 2 aromatic heterocycles. The average Bonchev–Trinajstić information content (AvgIpc) is 3.33. The van der Waals surface area contributed by atoms with Crippen LogP contribution in [0.25, 0.3) is 17.0 Å². The van der Waals surface area contributed by atoms with Crippen molar-refractivity contribution in [3.8, 4) is 11.3 Å². The van der Waals surface area contributed by atoms with Crippen molar-refractivity contribution in [2.45, 2.75) is 12.8 Å². The SMILES string of the molecule is C=C(N/C(=C/CCc1cnco1)Nc1ccccc1)c1cc(-c2cccc(N)n2)ccc1Cl. The summed E-state index contributed by atoms with van der Waals surface area (Å²) in [5.74, 6) is 2.08. The first kappa shape index (κ1) is 22.2. The fourth-order valence-corrected chi connectivity index (χ4v) is 3.52. The van der Waals surface area contributed by atoms with Crippen LogP contribution >= 0.6 is 11.6 Å². The molecule has 4 aromatic rings. The van der Waals surface area contributed by atoms with Crippen LogP contribution in [0.5, 0.6) is 0 Å². The van der Waals surface area contributed by atoms with Crippen molar-refractivity contribution in [3.05, 3.63) is 114 Å². The number of anilines is 2. The molecule has 0 spiro atoms. The molecule has 0 radical (unpaired) electrons. The number of halogens is 1. The van der Waals surface area contributed by atoms with E-state index in [2.05, 4.69) is 33.3 Å². The van der Waals surface area contributed by atoms with Gasteiger partial charge in [-0.15, -0.1) is 0 Å². The van der Waals surface area contributed by atoms with Gasteiger partial charge in [-0.1, -0.05) is 48.5 Å². The van der Waals surface area contributed by atoms with E-state index in [1.165, 1.54) is 6.39 Å². The van der Waals surface area contributed by atoms with E-state index in [0.717, 1.165) is 46.9 Å². The number of allylic oxidation sites excluding steroid dienone is 1. The number of pyridine rings is 1. The van der Waals surface area contributed by atoms with Crippen LogP contribution in [0.3, 0.4) is 0 Å². The first-order valence-corrected chi connectivity index (χ1v) is 10.8. The minimum Gasteiger partial charge on any atom is -0.449 e. The van der Waals surface area contributed by atoms with E-state index in [1.807, 2.05) is 60.7 Å². The van der Waals surface area contributed by atoms with E-state index < -0.39 is 0 Å². The second-order valence-corrected chi connectivity index (χ2v) is 7.77.